The van der Waals surface area contributed by atoms with E-state index in [1.807, 2.05) is 0 Å². The molecule has 0 radical (unpaired) electrons. The molecule has 0 amide bonds. The summed E-state index contributed by atoms with van der Waals surface area (Å²) in [6, 6.07) is 0. The maximum Gasteiger partial charge on any atom is 0.528 e. The quantitative estimate of drug-likeness (QED) is 0.104. The molecule has 0 aromatic rings. The van der Waals surface area contributed by atoms with Crippen LogP contribution in [0.2, 0.25) is 0 Å². The van der Waals surface area contributed by atoms with Crippen molar-refractivity contribution in [2.24, 2.45) is 0 Å². The highest BCUT2D eigenvalue weighted by molar-refractivity contribution is 5.86. The summed E-state index contributed by atoms with van der Waals surface area (Å²) in [5.41, 5.74) is 0. The van der Waals surface area contributed by atoms with Gasteiger partial charge in [0.15, 0.2) is 6.79 Å². The second-order valence-corrected chi connectivity index (χ2v) is 5.14. The van der Waals surface area contributed by atoms with Gasteiger partial charge in [-0.25, -0.2) is 24.0 Å². The van der Waals surface area contributed by atoms with Crippen molar-refractivity contribution in [2.75, 3.05) is 46.6 Å². The zero-order chi connectivity index (χ0) is 24.4. The monoisotopic (exact) mass is 474 g/mol. The Labute approximate surface area is 179 Å². The van der Waals surface area contributed by atoms with Crippen molar-refractivity contribution >= 4 is 30.8 Å². The maximum atomic E-state index is 11.2. The number of hydrogen-bond donors (Lipinski definition) is 3. The summed E-state index contributed by atoms with van der Waals surface area (Å²) in [5.74, 6) is 0. The predicted molar refractivity (Wildman–Crippen MR) is 91.1 cm³/mol. The lowest BCUT2D eigenvalue weighted by Crippen LogP contribution is -2.28. The Morgan fingerprint density at radius 2 is 1.19 bits per heavy atom. The first-order valence-corrected chi connectivity index (χ1v) is 8.51. The Balaban J connectivity index is 3.57. The summed E-state index contributed by atoms with van der Waals surface area (Å²) in [6.07, 6.45) is -10.5. The predicted octanol–water partition coefficient (Wildman–Crippen LogP) is -0.0495. The molecule has 0 rings (SSSR count). The average Bonchev–Trinajstić information content (AvgIpc) is 2.68. The molecule has 2 atom stereocenters. The van der Waals surface area contributed by atoms with Crippen LogP contribution in [0.5, 0.6) is 0 Å². The highest BCUT2D eigenvalue weighted by Gasteiger charge is 2.20. The third-order valence-corrected chi connectivity index (χ3v) is 2.67. The third kappa shape index (κ3) is 17.6. The molecule has 0 aliphatic carbocycles. The van der Waals surface area contributed by atoms with E-state index in [9.17, 15) is 29.1 Å². The molecule has 184 valence electrons. The van der Waals surface area contributed by atoms with Crippen LogP contribution in [0.25, 0.3) is 0 Å². The zero-order valence-corrected chi connectivity index (χ0v) is 16.7. The van der Waals surface area contributed by atoms with E-state index >= 15 is 0 Å². The fourth-order valence-electron chi connectivity index (χ4n) is 1.26. The molecule has 0 aliphatic rings. The molecule has 0 saturated heterocycles. The van der Waals surface area contributed by atoms with Crippen LogP contribution in [0.15, 0.2) is 0 Å². The van der Waals surface area contributed by atoms with Crippen molar-refractivity contribution in [1.29, 1.82) is 0 Å². The Morgan fingerprint density at radius 1 is 0.656 bits per heavy atom. The van der Waals surface area contributed by atoms with Crippen LogP contribution in [0.4, 0.5) is 24.0 Å². The van der Waals surface area contributed by atoms with Crippen molar-refractivity contribution in [2.45, 2.75) is 19.1 Å². The SMILES string of the molecule is CC(O)C(O)COCOCCOC(=O)OCOCCOC(=O)OC(=O)OC(=O)OC(=O)O. The van der Waals surface area contributed by atoms with Crippen molar-refractivity contribution in [3.8, 4) is 0 Å². The van der Waals surface area contributed by atoms with E-state index in [-0.39, 0.29) is 33.2 Å². The van der Waals surface area contributed by atoms with Gasteiger partial charge < -0.3 is 58.0 Å². The number of carboxylic acid groups (broad SMARTS) is 1. The summed E-state index contributed by atoms with van der Waals surface area (Å²) >= 11 is 0. The van der Waals surface area contributed by atoms with Gasteiger partial charge in [-0.2, -0.15) is 0 Å². The van der Waals surface area contributed by atoms with Crippen LogP contribution >= 0.6 is 0 Å². The highest BCUT2D eigenvalue weighted by Crippen LogP contribution is 1.95. The Kier molecular flexibility index (Phi) is 15.7. The minimum absolute atomic E-state index is 0.0346. The van der Waals surface area contributed by atoms with E-state index in [4.69, 9.17) is 24.4 Å². The lowest BCUT2D eigenvalue weighted by Gasteiger charge is -2.13. The van der Waals surface area contributed by atoms with Gasteiger partial charge in [-0.05, 0) is 6.92 Å². The van der Waals surface area contributed by atoms with Crippen LogP contribution in [0, 0.1) is 0 Å². The standard InChI is InChI=1S/C15H22O17/c1-9(16)10(17)6-26-7-24-2-4-27-12(20)29-8-25-3-5-28-13(21)31-15(23)32-14(22)30-11(18)19/h9-10,16-17H,2-8H2,1H3,(H,18,19). The minimum Gasteiger partial charge on any atom is -0.449 e. The molecule has 0 heterocycles. The van der Waals surface area contributed by atoms with E-state index < -0.39 is 56.4 Å². The lowest BCUT2D eigenvalue weighted by atomic mass is 10.2. The molecule has 0 saturated carbocycles. The second kappa shape index (κ2) is 17.4. The van der Waals surface area contributed by atoms with Crippen LogP contribution < -0.4 is 0 Å². The van der Waals surface area contributed by atoms with Crippen LogP contribution in [-0.2, 0) is 42.6 Å². The second-order valence-electron chi connectivity index (χ2n) is 5.14. The Hall–Kier alpha value is -3.25. The van der Waals surface area contributed by atoms with Gasteiger partial charge in [0.05, 0.1) is 25.9 Å². The molecular weight excluding hydrogens is 452 g/mol. The van der Waals surface area contributed by atoms with E-state index in [1.54, 1.807) is 0 Å². The van der Waals surface area contributed by atoms with Gasteiger partial charge in [0.1, 0.15) is 26.1 Å². The van der Waals surface area contributed by atoms with Crippen molar-refractivity contribution in [1.82, 2.24) is 0 Å². The first-order valence-electron chi connectivity index (χ1n) is 8.51. The number of carbonyl (C=O) groups is 5. The van der Waals surface area contributed by atoms with Gasteiger partial charge in [-0.15, -0.1) is 0 Å². The normalized spacial score (nSPS) is 12.1. The molecule has 2 unspecified atom stereocenters. The van der Waals surface area contributed by atoms with Crippen LogP contribution in [0.1, 0.15) is 6.92 Å². The molecule has 0 fully saturated rings. The Bertz CT molecular complexity index is 603. The summed E-state index contributed by atoms with van der Waals surface area (Å²) in [6.45, 7) is -0.463. The van der Waals surface area contributed by atoms with Gasteiger partial charge in [0.2, 0.25) is 0 Å². The zero-order valence-electron chi connectivity index (χ0n) is 16.7. The number of ether oxygens (including phenoxy) is 9. The molecule has 17 heteroatoms. The molecule has 17 nitrogen and oxygen atoms in total. The number of aliphatic hydroxyl groups is 2. The smallest absolute Gasteiger partial charge is 0.449 e. The average molecular weight is 474 g/mol. The molecule has 0 bridgehead atoms. The largest absolute Gasteiger partial charge is 0.528 e. The van der Waals surface area contributed by atoms with E-state index in [1.165, 1.54) is 6.92 Å². The molecule has 0 aliphatic heterocycles. The van der Waals surface area contributed by atoms with E-state index in [0.29, 0.717) is 0 Å². The summed E-state index contributed by atoms with van der Waals surface area (Å²) in [5, 5.41) is 26.3. The number of hydrogen-bond acceptors (Lipinski definition) is 16. The van der Waals surface area contributed by atoms with Crippen molar-refractivity contribution < 1.29 is 81.9 Å². The van der Waals surface area contributed by atoms with Gasteiger partial charge in [0, 0.05) is 0 Å². The van der Waals surface area contributed by atoms with Crippen LogP contribution in [0.3, 0.4) is 0 Å². The van der Waals surface area contributed by atoms with E-state index in [2.05, 4.69) is 28.4 Å². The molecule has 0 aromatic carbocycles. The fraction of sp³-hybridized carbons (Fsp3) is 0.667. The maximum absolute atomic E-state index is 11.2. The lowest BCUT2D eigenvalue weighted by molar-refractivity contribution is -0.106. The molecule has 32 heavy (non-hydrogen) atoms. The first kappa shape index (κ1) is 28.8. The summed E-state index contributed by atoms with van der Waals surface area (Å²) < 4.78 is 38.9. The molecule has 0 spiro atoms. The number of rotatable bonds is 13. The highest BCUT2D eigenvalue weighted by atomic mass is 16.9. The van der Waals surface area contributed by atoms with Crippen molar-refractivity contribution in [3.05, 3.63) is 0 Å². The van der Waals surface area contributed by atoms with Crippen LogP contribution in [-0.4, -0.2) is 105 Å². The Morgan fingerprint density at radius 3 is 1.78 bits per heavy atom. The van der Waals surface area contributed by atoms with Gasteiger partial charge >= 0.3 is 30.8 Å². The molecule has 0 aromatic heterocycles. The van der Waals surface area contributed by atoms with Gasteiger partial charge in [0.25, 0.3) is 0 Å². The van der Waals surface area contributed by atoms with E-state index in [0.717, 1.165) is 0 Å². The summed E-state index contributed by atoms with van der Waals surface area (Å²) in [4.78, 5) is 53.8. The van der Waals surface area contributed by atoms with Gasteiger partial charge in [-0.1, -0.05) is 0 Å². The van der Waals surface area contributed by atoms with Crippen molar-refractivity contribution in [3.63, 3.8) is 0 Å². The molecular formula is C15H22O17. The topological polar surface area (TPSA) is 229 Å². The number of aliphatic hydroxyl groups excluding tert-OH is 2. The minimum atomic E-state index is -2.04. The fourth-order valence-corrected chi connectivity index (χ4v) is 1.26. The van der Waals surface area contributed by atoms with Gasteiger partial charge in [-0.3, -0.25) is 0 Å². The number of carbonyl (C=O) groups excluding carboxylic acids is 4. The first-order chi connectivity index (χ1) is 15.1. The summed E-state index contributed by atoms with van der Waals surface area (Å²) in [7, 11) is 0. The molecule has 3 N–H and O–H groups in total. The third-order valence-electron chi connectivity index (χ3n) is 2.67.